The largest absolute Gasteiger partial charge is 0.478 e. The van der Waals surface area contributed by atoms with Crippen molar-refractivity contribution < 1.29 is 19.5 Å². The van der Waals surface area contributed by atoms with Crippen LogP contribution in [0.2, 0.25) is 5.02 Å². The van der Waals surface area contributed by atoms with Gasteiger partial charge in [-0.25, -0.2) is 4.79 Å². The summed E-state index contributed by atoms with van der Waals surface area (Å²) in [6, 6.07) is 4.17. The van der Waals surface area contributed by atoms with E-state index in [9.17, 15) is 14.4 Å². The number of amides is 2. The molecule has 114 valence electrons. The number of fused-ring (bicyclic) bond motifs is 1. The van der Waals surface area contributed by atoms with Crippen molar-refractivity contribution in [2.24, 2.45) is 17.8 Å². The number of rotatable bonds is 2. The molecule has 1 fully saturated rings. The van der Waals surface area contributed by atoms with Crippen molar-refractivity contribution in [1.82, 2.24) is 0 Å². The highest BCUT2D eigenvalue weighted by atomic mass is 35.5. The zero-order valence-corrected chi connectivity index (χ0v) is 12.6. The number of hydrogen-bond acceptors (Lipinski definition) is 3. The SMILES string of the molecule is CC1C=CCC2C(=O)N(c3ccc(Cl)c(C(=O)O)c3)C(=O)C12. The van der Waals surface area contributed by atoms with Crippen LogP contribution in [-0.2, 0) is 9.59 Å². The van der Waals surface area contributed by atoms with Gasteiger partial charge in [0.2, 0.25) is 11.8 Å². The number of carbonyl (C=O) groups is 3. The predicted octanol–water partition coefficient (Wildman–Crippen LogP) is 2.74. The molecule has 1 N–H and O–H groups in total. The molecule has 1 aromatic rings. The van der Waals surface area contributed by atoms with Gasteiger partial charge in [-0.2, -0.15) is 0 Å². The minimum Gasteiger partial charge on any atom is -0.478 e. The predicted molar refractivity (Wildman–Crippen MR) is 80.8 cm³/mol. The Labute approximate surface area is 132 Å². The van der Waals surface area contributed by atoms with Crippen molar-refractivity contribution in [1.29, 1.82) is 0 Å². The van der Waals surface area contributed by atoms with Crippen LogP contribution >= 0.6 is 11.6 Å². The van der Waals surface area contributed by atoms with Crippen LogP contribution in [0, 0.1) is 17.8 Å². The Morgan fingerprint density at radius 1 is 1.32 bits per heavy atom. The minimum absolute atomic E-state index is 0.00792. The molecule has 1 aliphatic carbocycles. The molecule has 1 aromatic carbocycles. The Kier molecular flexibility index (Phi) is 3.53. The van der Waals surface area contributed by atoms with Crippen LogP contribution in [0.1, 0.15) is 23.7 Å². The molecule has 22 heavy (non-hydrogen) atoms. The van der Waals surface area contributed by atoms with E-state index in [4.69, 9.17) is 16.7 Å². The first-order valence-corrected chi connectivity index (χ1v) is 7.37. The van der Waals surface area contributed by atoms with E-state index < -0.39 is 5.97 Å². The number of carboxylic acid groups (broad SMARTS) is 1. The molecule has 2 aliphatic rings. The lowest BCUT2D eigenvalue weighted by molar-refractivity contribution is -0.122. The molecule has 2 amide bonds. The summed E-state index contributed by atoms with van der Waals surface area (Å²) in [7, 11) is 0. The first-order chi connectivity index (χ1) is 10.4. The number of nitrogens with zero attached hydrogens (tertiary/aromatic N) is 1. The number of imide groups is 1. The van der Waals surface area contributed by atoms with E-state index in [0.29, 0.717) is 6.42 Å². The highest BCUT2D eigenvalue weighted by molar-refractivity contribution is 6.34. The number of carboxylic acids is 1. The van der Waals surface area contributed by atoms with Gasteiger partial charge in [0.1, 0.15) is 0 Å². The lowest BCUT2D eigenvalue weighted by Gasteiger charge is -2.22. The molecule has 0 saturated carbocycles. The maximum absolute atomic E-state index is 12.6. The van der Waals surface area contributed by atoms with Gasteiger partial charge in [-0.05, 0) is 30.5 Å². The number of benzene rings is 1. The van der Waals surface area contributed by atoms with E-state index in [1.165, 1.54) is 18.2 Å². The summed E-state index contributed by atoms with van der Waals surface area (Å²) in [6.07, 6.45) is 4.40. The molecule has 0 spiro atoms. The molecule has 3 unspecified atom stereocenters. The van der Waals surface area contributed by atoms with Crippen LogP contribution < -0.4 is 4.90 Å². The van der Waals surface area contributed by atoms with Crippen molar-refractivity contribution >= 4 is 35.1 Å². The van der Waals surface area contributed by atoms with Gasteiger partial charge in [0.25, 0.3) is 0 Å². The Balaban J connectivity index is 2.03. The fourth-order valence-electron chi connectivity index (χ4n) is 3.22. The Hall–Kier alpha value is -2.14. The number of allylic oxidation sites excluding steroid dienone is 2. The second kappa shape index (κ2) is 5.25. The lowest BCUT2D eigenvalue weighted by atomic mass is 9.78. The second-order valence-corrected chi connectivity index (χ2v) is 6.04. The number of aromatic carboxylic acids is 1. The molecule has 3 rings (SSSR count). The monoisotopic (exact) mass is 319 g/mol. The van der Waals surface area contributed by atoms with Crippen LogP contribution in [0.4, 0.5) is 5.69 Å². The Morgan fingerprint density at radius 2 is 2.05 bits per heavy atom. The summed E-state index contributed by atoms with van der Waals surface area (Å²) in [5, 5.41) is 9.20. The lowest BCUT2D eigenvalue weighted by Crippen LogP contribution is -2.31. The molecular weight excluding hydrogens is 306 g/mol. The van der Waals surface area contributed by atoms with Gasteiger partial charge < -0.3 is 5.11 Å². The highest BCUT2D eigenvalue weighted by Crippen LogP contribution is 2.40. The molecular formula is C16H14ClNO4. The fraction of sp³-hybridized carbons (Fsp3) is 0.312. The third-order valence-electron chi connectivity index (χ3n) is 4.31. The van der Waals surface area contributed by atoms with Gasteiger partial charge in [-0.3, -0.25) is 14.5 Å². The van der Waals surface area contributed by atoms with Crippen LogP contribution in [0.5, 0.6) is 0 Å². The first-order valence-electron chi connectivity index (χ1n) is 6.99. The molecule has 0 aromatic heterocycles. The molecule has 3 atom stereocenters. The summed E-state index contributed by atoms with van der Waals surface area (Å²) < 4.78 is 0. The van der Waals surface area contributed by atoms with E-state index >= 15 is 0 Å². The molecule has 0 bridgehead atoms. The zero-order valence-electron chi connectivity index (χ0n) is 11.8. The van der Waals surface area contributed by atoms with E-state index in [0.717, 1.165) is 4.90 Å². The minimum atomic E-state index is -1.20. The zero-order chi connectivity index (χ0) is 16.0. The quantitative estimate of drug-likeness (QED) is 0.672. The molecule has 1 saturated heterocycles. The topological polar surface area (TPSA) is 74.7 Å². The fourth-order valence-corrected chi connectivity index (χ4v) is 3.42. The third kappa shape index (κ3) is 2.13. The van der Waals surface area contributed by atoms with Crippen LogP contribution in [0.3, 0.4) is 0 Å². The van der Waals surface area contributed by atoms with Crippen LogP contribution in [0.15, 0.2) is 30.4 Å². The number of carbonyl (C=O) groups excluding carboxylic acids is 2. The standard InChI is InChI=1S/C16H14ClNO4/c1-8-3-2-4-10-13(8)15(20)18(14(10)19)9-5-6-12(17)11(7-9)16(21)22/h2-3,5-8,10,13H,4H2,1H3,(H,21,22). The normalized spacial score (nSPS) is 27.2. The van der Waals surface area contributed by atoms with Gasteiger partial charge >= 0.3 is 5.97 Å². The highest BCUT2D eigenvalue weighted by Gasteiger charge is 2.50. The second-order valence-electron chi connectivity index (χ2n) is 5.64. The summed E-state index contributed by atoms with van der Waals surface area (Å²) in [6.45, 7) is 1.91. The smallest absolute Gasteiger partial charge is 0.337 e. The van der Waals surface area contributed by atoms with Crippen LogP contribution in [0.25, 0.3) is 0 Å². The van der Waals surface area contributed by atoms with E-state index in [2.05, 4.69) is 0 Å². The average molecular weight is 320 g/mol. The third-order valence-corrected chi connectivity index (χ3v) is 4.64. The number of halogens is 1. The van der Waals surface area contributed by atoms with Gasteiger partial charge in [0, 0.05) is 0 Å². The van der Waals surface area contributed by atoms with Gasteiger partial charge in [0.05, 0.1) is 28.1 Å². The van der Waals surface area contributed by atoms with Crippen molar-refractivity contribution in [2.45, 2.75) is 13.3 Å². The van der Waals surface area contributed by atoms with Crippen LogP contribution in [-0.4, -0.2) is 22.9 Å². The summed E-state index contributed by atoms with van der Waals surface area (Å²) >= 11 is 5.84. The molecule has 0 radical (unpaired) electrons. The molecule has 1 aliphatic heterocycles. The maximum Gasteiger partial charge on any atom is 0.337 e. The molecule has 6 heteroatoms. The van der Waals surface area contributed by atoms with E-state index in [1.807, 2.05) is 19.1 Å². The van der Waals surface area contributed by atoms with Gasteiger partial charge in [-0.15, -0.1) is 0 Å². The van der Waals surface area contributed by atoms with Crippen molar-refractivity contribution in [3.05, 3.63) is 40.9 Å². The Bertz CT molecular complexity index is 712. The summed E-state index contributed by atoms with van der Waals surface area (Å²) in [5.41, 5.74) is 0.138. The Morgan fingerprint density at radius 3 is 2.68 bits per heavy atom. The van der Waals surface area contributed by atoms with E-state index in [1.54, 1.807) is 0 Å². The van der Waals surface area contributed by atoms with Gasteiger partial charge in [0.15, 0.2) is 0 Å². The summed E-state index contributed by atoms with van der Waals surface area (Å²) in [5.74, 6) is -2.49. The number of anilines is 1. The van der Waals surface area contributed by atoms with Crippen molar-refractivity contribution in [3.63, 3.8) is 0 Å². The molecule has 5 nitrogen and oxygen atoms in total. The maximum atomic E-state index is 12.6. The molecule has 1 heterocycles. The first kappa shape index (κ1) is 14.8. The number of hydrogen-bond donors (Lipinski definition) is 1. The van der Waals surface area contributed by atoms with Crippen molar-refractivity contribution in [3.8, 4) is 0 Å². The van der Waals surface area contributed by atoms with E-state index in [-0.39, 0.29) is 45.8 Å². The average Bonchev–Trinajstić information content (AvgIpc) is 2.73. The summed E-state index contributed by atoms with van der Waals surface area (Å²) in [4.78, 5) is 37.4. The van der Waals surface area contributed by atoms with Gasteiger partial charge in [-0.1, -0.05) is 30.7 Å². The van der Waals surface area contributed by atoms with Crippen molar-refractivity contribution in [2.75, 3.05) is 4.90 Å².